The van der Waals surface area contributed by atoms with Crippen LogP contribution >= 0.6 is 0 Å². The molecule has 0 saturated heterocycles. The molecule has 0 saturated carbocycles. The number of benzene rings is 2. The van der Waals surface area contributed by atoms with E-state index in [0.717, 1.165) is 22.2 Å². The second-order valence-corrected chi connectivity index (χ2v) is 4.33. The van der Waals surface area contributed by atoms with Gasteiger partial charge < -0.3 is 10.8 Å². The lowest BCUT2D eigenvalue weighted by Crippen LogP contribution is -2.09. The van der Waals surface area contributed by atoms with Crippen molar-refractivity contribution in [3.8, 4) is 11.4 Å². The zero-order valence-electron chi connectivity index (χ0n) is 10.3. The van der Waals surface area contributed by atoms with Gasteiger partial charge in [-0.15, -0.1) is 5.10 Å². The molecule has 3 rings (SSSR count). The highest BCUT2D eigenvalue weighted by atomic mass is 16.3. The summed E-state index contributed by atoms with van der Waals surface area (Å²) in [6, 6.07) is 11.2. The van der Waals surface area contributed by atoms with Crippen LogP contribution in [0.3, 0.4) is 0 Å². The molecule has 0 bridgehead atoms. The average molecular weight is 254 g/mol. The Morgan fingerprint density at radius 2 is 1.89 bits per heavy atom. The van der Waals surface area contributed by atoms with Gasteiger partial charge in [-0.2, -0.15) is 0 Å². The predicted molar refractivity (Wildman–Crippen MR) is 73.3 cm³/mol. The maximum atomic E-state index is 9.90. The topological polar surface area (TPSA) is 77.0 Å². The minimum Gasteiger partial charge on any atom is -0.507 e. The summed E-state index contributed by atoms with van der Waals surface area (Å²) in [6.45, 7) is 0.545. The van der Waals surface area contributed by atoms with Crippen LogP contribution in [0.25, 0.3) is 16.5 Å². The highest BCUT2D eigenvalue weighted by molar-refractivity contribution is 5.94. The molecule has 2 aromatic carbocycles. The summed E-state index contributed by atoms with van der Waals surface area (Å²) < 4.78 is 1.77. The van der Waals surface area contributed by atoms with Crippen molar-refractivity contribution in [2.45, 2.75) is 6.42 Å². The van der Waals surface area contributed by atoms with E-state index in [1.165, 1.54) is 0 Å². The second-order valence-electron chi connectivity index (χ2n) is 4.33. The molecule has 3 aromatic rings. The third kappa shape index (κ3) is 1.94. The van der Waals surface area contributed by atoms with E-state index in [1.54, 1.807) is 16.9 Å². The standard InChI is InChI=1S/C14H14N4O/c15-8-7-10-9-16-17-18(10)13-5-1-4-12-11(13)3-2-6-14(12)19/h1-6,9,19H,7-8,15H2. The first kappa shape index (κ1) is 11.7. The Hall–Kier alpha value is -2.40. The number of aromatic hydroxyl groups is 1. The van der Waals surface area contributed by atoms with Gasteiger partial charge in [-0.05, 0) is 18.7 Å². The Morgan fingerprint density at radius 3 is 2.74 bits per heavy atom. The average Bonchev–Trinajstić information content (AvgIpc) is 2.87. The predicted octanol–water partition coefficient (Wildman–Crippen LogP) is 1.63. The first-order valence-corrected chi connectivity index (χ1v) is 6.12. The van der Waals surface area contributed by atoms with Gasteiger partial charge in [0.25, 0.3) is 0 Å². The lowest BCUT2D eigenvalue weighted by molar-refractivity contribution is 0.481. The number of nitrogens with two attached hydrogens (primary N) is 1. The fourth-order valence-electron chi connectivity index (χ4n) is 2.24. The number of fused-ring (bicyclic) bond motifs is 1. The summed E-state index contributed by atoms with van der Waals surface area (Å²) in [6.07, 6.45) is 2.43. The molecule has 3 N–H and O–H groups in total. The van der Waals surface area contributed by atoms with Gasteiger partial charge in [0.15, 0.2) is 0 Å². The Kier molecular flexibility index (Phi) is 2.89. The SMILES string of the molecule is NCCc1cnnn1-c1cccc2c(O)cccc12. The van der Waals surface area contributed by atoms with Crippen LogP contribution in [0.5, 0.6) is 5.75 Å². The van der Waals surface area contributed by atoms with Crippen LogP contribution in [0, 0.1) is 0 Å². The fraction of sp³-hybridized carbons (Fsp3) is 0.143. The summed E-state index contributed by atoms with van der Waals surface area (Å²) in [4.78, 5) is 0. The molecule has 0 unspecified atom stereocenters. The zero-order chi connectivity index (χ0) is 13.2. The van der Waals surface area contributed by atoms with Crippen LogP contribution in [0.2, 0.25) is 0 Å². The quantitative estimate of drug-likeness (QED) is 0.744. The highest BCUT2D eigenvalue weighted by Crippen LogP contribution is 2.29. The van der Waals surface area contributed by atoms with Crippen LogP contribution in [0.4, 0.5) is 0 Å². The molecule has 5 nitrogen and oxygen atoms in total. The molecular formula is C14H14N4O. The normalized spacial score (nSPS) is 11.0. The van der Waals surface area contributed by atoms with Gasteiger partial charge in [-0.1, -0.05) is 29.5 Å². The van der Waals surface area contributed by atoms with E-state index >= 15 is 0 Å². The fourth-order valence-corrected chi connectivity index (χ4v) is 2.24. The van der Waals surface area contributed by atoms with Crippen molar-refractivity contribution >= 4 is 10.8 Å². The monoisotopic (exact) mass is 254 g/mol. The minimum absolute atomic E-state index is 0.264. The van der Waals surface area contributed by atoms with Crippen LogP contribution in [-0.4, -0.2) is 26.6 Å². The van der Waals surface area contributed by atoms with E-state index in [9.17, 15) is 5.11 Å². The zero-order valence-corrected chi connectivity index (χ0v) is 10.3. The maximum Gasteiger partial charge on any atom is 0.123 e. The minimum atomic E-state index is 0.264. The molecule has 1 heterocycles. The summed E-state index contributed by atoms with van der Waals surface area (Å²) in [5, 5.41) is 19.7. The molecule has 19 heavy (non-hydrogen) atoms. The van der Waals surface area contributed by atoms with Gasteiger partial charge in [-0.3, -0.25) is 0 Å². The smallest absolute Gasteiger partial charge is 0.123 e. The molecule has 0 aliphatic rings. The van der Waals surface area contributed by atoms with Crippen molar-refractivity contribution in [2.75, 3.05) is 6.54 Å². The number of aromatic nitrogens is 3. The highest BCUT2D eigenvalue weighted by Gasteiger charge is 2.10. The number of hydrogen-bond donors (Lipinski definition) is 2. The van der Waals surface area contributed by atoms with Crippen molar-refractivity contribution < 1.29 is 5.11 Å². The second kappa shape index (κ2) is 4.70. The molecule has 0 aliphatic carbocycles. The van der Waals surface area contributed by atoms with Crippen molar-refractivity contribution in [1.82, 2.24) is 15.0 Å². The summed E-state index contributed by atoms with van der Waals surface area (Å²) in [7, 11) is 0. The lowest BCUT2D eigenvalue weighted by Gasteiger charge is -2.09. The molecule has 0 aliphatic heterocycles. The summed E-state index contributed by atoms with van der Waals surface area (Å²) in [5.74, 6) is 0.264. The number of nitrogens with zero attached hydrogens (tertiary/aromatic N) is 3. The Labute approximate surface area is 110 Å². The Bertz CT molecular complexity index is 720. The van der Waals surface area contributed by atoms with Crippen LogP contribution in [0.1, 0.15) is 5.69 Å². The molecule has 0 radical (unpaired) electrons. The number of rotatable bonds is 3. The van der Waals surface area contributed by atoms with E-state index in [-0.39, 0.29) is 5.75 Å². The van der Waals surface area contributed by atoms with E-state index < -0.39 is 0 Å². The van der Waals surface area contributed by atoms with Gasteiger partial charge in [0, 0.05) is 17.2 Å². The van der Waals surface area contributed by atoms with Crippen molar-refractivity contribution in [3.05, 3.63) is 48.3 Å². The molecule has 96 valence electrons. The number of phenols is 1. The number of hydrogen-bond acceptors (Lipinski definition) is 4. The van der Waals surface area contributed by atoms with E-state index in [4.69, 9.17) is 5.73 Å². The van der Waals surface area contributed by atoms with Gasteiger partial charge >= 0.3 is 0 Å². The maximum absolute atomic E-state index is 9.90. The third-order valence-corrected chi connectivity index (χ3v) is 3.12. The molecule has 0 spiro atoms. The van der Waals surface area contributed by atoms with Gasteiger partial charge in [0.05, 0.1) is 17.6 Å². The van der Waals surface area contributed by atoms with Gasteiger partial charge in [-0.25, -0.2) is 4.68 Å². The van der Waals surface area contributed by atoms with E-state index in [1.807, 2.05) is 30.3 Å². The van der Waals surface area contributed by atoms with Crippen LogP contribution < -0.4 is 5.73 Å². The largest absolute Gasteiger partial charge is 0.507 e. The summed E-state index contributed by atoms with van der Waals surface area (Å²) >= 11 is 0. The van der Waals surface area contributed by atoms with Crippen LogP contribution in [-0.2, 0) is 6.42 Å². The molecule has 0 amide bonds. The molecular weight excluding hydrogens is 240 g/mol. The van der Waals surface area contributed by atoms with Crippen molar-refractivity contribution in [1.29, 1.82) is 0 Å². The van der Waals surface area contributed by atoms with Gasteiger partial charge in [0.2, 0.25) is 0 Å². The van der Waals surface area contributed by atoms with Crippen LogP contribution in [0.15, 0.2) is 42.6 Å². The van der Waals surface area contributed by atoms with Crippen molar-refractivity contribution in [2.24, 2.45) is 5.73 Å². The van der Waals surface area contributed by atoms with Gasteiger partial charge in [0.1, 0.15) is 5.75 Å². The van der Waals surface area contributed by atoms with Crippen molar-refractivity contribution in [3.63, 3.8) is 0 Å². The molecule has 0 fully saturated rings. The molecule has 0 atom stereocenters. The Morgan fingerprint density at radius 1 is 1.11 bits per heavy atom. The lowest BCUT2D eigenvalue weighted by atomic mass is 10.1. The summed E-state index contributed by atoms with van der Waals surface area (Å²) in [5.41, 5.74) is 7.45. The first-order valence-electron chi connectivity index (χ1n) is 6.12. The molecule has 1 aromatic heterocycles. The third-order valence-electron chi connectivity index (χ3n) is 3.12. The number of phenolic OH excluding ortho intramolecular Hbond substituents is 1. The van der Waals surface area contributed by atoms with E-state index in [2.05, 4.69) is 10.3 Å². The Balaban J connectivity index is 2.25. The van der Waals surface area contributed by atoms with E-state index in [0.29, 0.717) is 13.0 Å². The molecule has 5 heteroatoms. The first-order chi connectivity index (χ1) is 9.31.